The zero-order chi connectivity index (χ0) is 17.0. The highest BCUT2D eigenvalue weighted by Gasteiger charge is 2.33. The molecule has 1 heterocycles. The molecule has 0 saturated heterocycles. The highest BCUT2D eigenvalue weighted by atomic mass is 32.1. The van der Waals surface area contributed by atoms with E-state index >= 15 is 0 Å². The molecule has 23 heavy (non-hydrogen) atoms. The van der Waals surface area contributed by atoms with E-state index in [4.69, 9.17) is 0 Å². The molecule has 0 radical (unpaired) electrons. The van der Waals surface area contributed by atoms with E-state index in [1.165, 1.54) is 30.4 Å². The van der Waals surface area contributed by atoms with E-state index < -0.39 is 17.4 Å². The molecule has 2 N–H and O–H groups in total. The van der Waals surface area contributed by atoms with E-state index in [1.807, 2.05) is 0 Å². The summed E-state index contributed by atoms with van der Waals surface area (Å²) in [6.07, 6.45) is 0.675. The van der Waals surface area contributed by atoms with Crippen LogP contribution in [-0.4, -0.2) is 27.5 Å². The number of nitrogens with one attached hydrogen (secondary N) is 1. The minimum absolute atomic E-state index is 0.169. The highest BCUT2D eigenvalue weighted by molar-refractivity contribution is 7.09. The molecule has 1 unspecified atom stereocenters. The van der Waals surface area contributed by atoms with Gasteiger partial charge in [-0.2, -0.15) is 0 Å². The lowest BCUT2D eigenvalue weighted by Crippen LogP contribution is -2.51. The van der Waals surface area contributed by atoms with Crippen molar-refractivity contribution in [3.05, 3.63) is 51.7 Å². The molecule has 0 spiro atoms. The van der Waals surface area contributed by atoms with Crippen LogP contribution in [0.15, 0.2) is 29.6 Å². The van der Waals surface area contributed by atoms with Gasteiger partial charge in [0.2, 0.25) is 0 Å². The van der Waals surface area contributed by atoms with Gasteiger partial charge >= 0.3 is 5.97 Å². The summed E-state index contributed by atoms with van der Waals surface area (Å²) in [4.78, 5) is 27.6. The second-order valence-corrected chi connectivity index (χ2v) is 6.32. The van der Waals surface area contributed by atoms with Crippen molar-refractivity contribution >= 4 is 23.2 Å². The summed E-state index contributed by atoms with van der Waals surface area (Å²) in [7, 11) is 0. The largest absolute Gasteiger partial charge is 0.480 e. The first-order valence-corrected chi connectivity index (χ1v) is 7.97. The molecule has 7 heteroatoms. The van der Waals surface area contributed by atoms with Gasteiger partial charge < -0.3 is 10.4 Å². The van der Waals surface area contributed by atoms with Crippen molar-refractivity contribution in [1.29, 1.82) is 0 Å². The van der Waals surface area contributed by atoms with Gasteiger partial charge in [0, 0.05) is 11.8 Å². The number of nitrogens with zero attached hydrogens (tertiary/aromatic N) is 1. The Bertz CT molecular complexity index is 732. The maximum absolute atomic E-state index is 13.2. The Morgan fingerprint density at radius 2 is 2.17 bits per heavy atom. The lowest BCUT2D eigenvalue weighted by Gasteiger charge is -2.23. The molecule has 122 valence electrons. The molecular weight excluding hydrogens is 319 g/mol. The number of carbonyl (C=O) groups is 2. The van der Waals surface area contributed by atoms with Crippen molar-refractivity contribution in [2.75, 3.05) is 0 Å². The number of aliphatic carboxylic acids is 1. The molecule has 1 atom stereocenters. The number of carbonyl (C=O) groups excluding carboxylic acids is 1. The van der Waals surface area contributed by atoms with Crippen molar-refractivity contribution in [2.24, 2.45) is 0 Å². The van der Waals surface area contributed by atoms with Crippen LogP contribution in [0, 0.1) is 5.82 Å². The summed E-state index contributed by atoms with van der Waals surface area (Å²) < 4.78 is 13.2. The number of aromatic nitrogens is 1. The number of hydrogen-bond donors (Lipinski definition) is 2. The van der Waals surface area contributed by atoms with Crippen molar-refractivity contribution < 1.29 is 19.1 Å². The van der Waals surface area contributed by atoms with Crippen molar-refractivity contribution in [1.82, 2.24) is 10.3 Å². The zero-order valence-corrected chi connectivity index (χ0v) is 13.6. The van der Waals surface area contributed by atoms with E-state index in [0.29, 0.717) is 11.4 Å². The molecule has 0 fully saturated rings. The predicted molar refractivity (Wildman–Crippen MR) is 85.1 cm³/mol. The molecule has 0 aliphatic carbocycles. The standard InChI is InChI=1S/C16H17FN2O3S/c1-3-16(2,15(21)22)19-14(20)12-9-23-13(18-12)8-10-5-4-6-11(17)7-10/h4-7,9H,3,8H2,1-2H3,(H,19,20)(H,21,22). The van der Waals surface area contributed by atoms with Gasteiger partial charge in [0.15, 0.2) is 0 Å². The van der Waals surface area contributed by atoms with Gasteiger partial charge in [0.25, 0.3) is 5.91 Å². The number of hydrogen-bond acceptors (Lipinski definition) is 4. The number of benzene rings is 1. The third-order valence-corrected chi connectivity index (χ3v) is 4.45. The molecule has 0 saturated carbocycles. The number of rotatable bonds is 6. The fraction of sp³-hybridized carbons (Fsp3) is 0.312. The highest BCUT2D eigenvalue weighted by Crippen LogP contribution is 2.17. The average Bonchev–Trinajstić information content (AvgIpc) is 2.95. The molecule has 0 aliphatic rings. The summed E-state index contributed by atoms with van der Waals surface area (Å²) >= 11 is 1.28. The van der Waals surface area contributed by atoms with E-state index in [2.05, 4.69) is 10.3 Å². The van der Waals surface area contributed by atoms with Crippen molar-refractivity contribution in [3.63, 3.8) is 0 Å². The van der Waals surface area contributed by atoms with Crippen LogP contribution in [0.4, 0.5) is 4.39 Å². The smallest absolute Gasteiger partial charge is 0.329 e. The van der Waals surface area contributed by atoms with Gasteiger partial charge in [-0.1, -0.05) is 19.1 Å². The fourth-order valence-corrected chi connectivity index (χ4v) is 2.73. The Kier molecular flexibility index (Phi) is 5.10. The Morgan fingerprint density at radius 3 is 2.78 bits per heavy atom. The van der Waals surface area contributed by atoms with Crippen LogP contribution < -0.4 is 5.32 Å². The summed E-state index contributed by atoms with van der Waals surface area (Å²) in [6.45, 7) is 3.14. The maximum Gasteiger partial charge on any atom is 0.329 e. The normalized spacial score (nSPS) is 13.3. The lowest BCUT2D eigenvalue weighted by molar-refractivity contribution is -0.143. The van der Waals surface area contributed by atoms with Crippen LogP contribution in [0.2, 0.25) is 0 Å². The van der Waals surface area contributed by atoms with Crippen LogP contribution >= 0.6 is 11.3 Å². The summed E-state index contributed by atoms with van der Waals surface area (Å²) in [5.74, 6) is -1.95. The molecule has 1 aromatic carbocycles. The van der Waals surface area contributed by atoms with E-state index in [-0.39, 0.29) is 17.9 Å². The van der Waals surface area contributed by atoms with Crippen molar-refractivity contribution in [3.8, 4) is 0 Å². The van der Waals surface area contributed by atoms with E-state index in [9.17, 15) is 19.1 Å². The van der Waals surface area contributed by atoms with E-state index in [1.54, 1.807) is 24.4 Å². The topological polar surface area (TPSA) is 79.3 Å². The first-order valence-electron chi connectivity index (χ1n) is 7.09. The third kappa shape index (κ3) is 4.13. The Balaban J connectivity index is 2.09. The molecule has 1 aromatic heterocycles. The average molecular weight is 336 g/mol. The monoisotopic (exact) mass is 336 g/mol. The van der Waals surface area contributed by atoms with Gasteiger partial charge in [-0.15, -0.1) is 11.3 Å². The Morgan fingerprint density at radius 1 is 1.43 bits per heavy atom. The Hall–Kier alpha value is -2.28. The molecule has 0 aliphatic heterocycles. The second-order valence-electron chi connectivity index (χ2n) is 5.38. The number of amides is 1. The van der Waals surface area contributed by atoms with E-state index in [0.717, 1.165) is 5.56 Å². The fourth-order valence-electron chi connectivity index (χ4n) is 1.93. The minimum Gasteiger partial charge on any atom is -0.480 e. The van der Waals surface area contributed by atoms with Gasteiger partial charge in [-0.05, 0) is 31.0 Å². The Labute approximate surface area is 137 Å². The first-order chi connectivity index (χ1) is 10.8. The molecule has 5 nitrogen and oxygen atoms in total. The lowest BCUT2D eigenvalue weighted by atomic mass is 9.99. The molecule has 2 rings (SSSR count). The summed E-state index contributed by atoms with van der Waals surface area (Å²) in [5, 5.41) is 13.9. The third-order valence-electron chi connectivity index (χ3n) is 3.60. The van der Waals surface area contributed by atoms with Crippen molar-refractivity contribution in [2.45, 2.75) is 32.2 Å². The van der Waals surface area contributed by atoms with Crippen LogP contribution in [-0.2, 0) is 11.2 Å². The first kappa shape index (κ1) is 17.1. The van der Waals surface area contributed by atoms with Crippen LogP contribution in [0.1, 0.15) is 41.3 Å². The summed E-state index contributed by atoms with van der Waals surface area (Å²) in [6, 6.07) is 6.18. The number of halogens is 1. The van der Waals surface area contributed by atoms with Crippen LogP contribution in [0.5, 0.6) is 0 Å². The number of carboxylic acid groups (broad SMARTS) is 1. The van der Waals surface area contributed by atoms with Gasteiger partial charge in [0.1, 0.15) is 17.1 Å². The molecular formula is C16H17FN2O3S. The number of carboxylic acids is 1. The van der Waals surface area contributed by atoms with Gasteiger partial charge in [-0.3, -0.25) is 4.79 Å². The zero-order valence-electron chi connectivity index (χ0n) is 12.8. The minimum atomic E-state index is -1.33. The maximum atomic E-state index is 13.2. The molecule has 1 amide bonds. The van der Waals surface area contributed by atoms with Crippen LogP contribution in [0.25, 0.3) is 0 Å². The van der Waals surface area contributed by atoms with Gasteiger partial charge in [-0.25, -0.2) is 14.2 Å². The van der Waals surface area contributed by atoms with Gasteiger partial charge in [0.05, 0.1) is 5.01 Å². The molecule has 2 aromatic rings. The number of thiazole rings is 1. The predicted octanol–water partition coefficient (Wildman–Crippen LogP) is 2.86. The molecule has 0 bridgehead atoms. The second kappa shape index (κ2) is 6.87. The quantitative estimate of drug-likeness (QED) is 0.850. The SMILES string of the molecule is CCC(C)(NC(=O)c1csc(Cc2cccc(F)c2)n1)C(=O)O. The summed E-state index contributed by atoms with van der Waals surface area (Å²) in [5.41, 5.74) is -0.402. The van der Waals surface area contributed by atoms with Crippen LogP contribution in [0.3, 0.4) is 0 Å².